The van der Waals surface area contributed by atoms with Gasteiger partial charge in [0.25, 0.3) is 0 Å². The Morgan fingerprint density at radius 3 is 2.68 bits per heavy atom. The van der Waals surface area contributed by atoms with Crippen LogP contribution in [0.4, 0.5) is 0 Å². The van der Waals surface area contributed by atoms with Crippen LogP contribution in [0.2, 0.25) is 5.02 Å². The van der Waals surface area contributed by atoms with Crippen LogP contribution in [0.15, 0.2) is 48.5 Å². The monoisotopic (exact) mass is 313 g/mol. The van der Waals surface area contributed by atoms with Gasteiger partial charge in [-0.3, -0.25) is 4.79 Å². The fourth-order valence-electron chi connectivity index (χ4n) is 3.18. The van der Waals surface area contributed by atoms with E-state index in [-0.39, 0.29) is 17.9 Å². The maximum atomic E-state index is 12.7. The number of benzene rings is 2. The minimum atomic E-state index is -0.0281. The van der Waals surface area contributed by atoms with Gasteiger partial charge in [0.1, 0.15) is 0 Å². The van der Waals surface area contributed by atoms with Crippen molar-refractivity contribution in [3.8, 4) is 0 Å². The Morgan fingerprint density at radius 1 is 1.18 bits per heavy atom. The van der Waals surface area contributed by atoms with Crippen molar-refractivity contribution >= 4 is 17.5 Å². The Morgan fingerprint density at radius 2 is 1.91 bits per heavy atom. The van der Waals surface area contributed by atoms with Crippen molar-refractivity contribution in [2.75, 3.05) is 0 Å². The molecule has 2 nitrogen and oxygen atoms in total. The average Bonchev–Trinajstić information content (AvgIpc) is 2.54. The normalized spacial score (nSPS) is 18.4. The molecule has 0 radical (unpaired) electrons. The highest BCUT2D eigenvalue weighted by Crippen LogP contribution is 2.32. The number of hydrogen-bond donors (Lipinski definition) is 1. The molecule has 0 saturated heterocycles. The Bertz CT molecular complexity index is 665. The van der Waals surface area contributed by atoms with E-state index >= 15 is 0 Å². The molecule has 3 heteroatoms. The molecule has 1 aliphatic carbocycles. The van der Waals surface area contributed by atoms with Gasteiger partial charge in [-0.15, -0.1) is 0 Å². The van der Waals surface area contributed by atoms with Crippen LogP contribution >= 0.6 is 11.6 Å². The minimum absolute atomic E-state index is 0.0149. The largest absolute Gasteiger partial charge is 0.349 e. The number of aryl methyl sites for hydroxylation is 1. The summed E-state index contributed by atoms with van der Waals surface area (Å²) in [7, 11) is 0. The number of hydrogen-bond acceptors (Lipinski definition) is 1. The molecule has 2 aromatic carbocycles. The summed E-state index contributed by atoms with van der Waals surface area (Å²) >= 11 is 5.91. The number of carbonyl (C=O) groups excluding carboxylic acids is 1. The third kappa shape index (κ3) is 3.17. The van der Waals surface area contributed by atoms with Crippen LogP contribution in [0.5, 0.6) is 0 Å². The summed E-state index contributed by atoms with van der Waals surface area (Å²) in [5, 5.41) is 3.86. The van der Waals surface area contributed by atoms with Gasteiger partial charge in [-0.25, -0.2) is 0 Å². The van der Waals surface area contributed by atoms with Crippen LogP contribution < -0.4 is 5.32 Å². The standard InChI is InChI=1S/C19H20ClNO/c1-13(14-9-11-16(20)12-10-14)21-19(22)18-8-4-6-15-5-2-3-7-17(15)18/h2-3,5,7,9-13,18H,4,6,8H2,1H3,(H,21,22)/t13-,18-/m1/s1. The van der Waals surface area contributed by atoms with Crippen molar-refractivity contribution in [2.24, 2.45) is 0 Å². The molecule has 0 aromatic heterocycles. The van der Waals surface area contributed by atoms with Gasteiger partial charge in [0.15, 0.2) is 0 Å². The molecule has 1 aliphatic rings. The zero-order valence-electron chi connectivity index (χ0n) is 12.7. The highest BCUT2D eigenvalue weighted by atomic mass is 35.5. The fraction of sp³-hybridized carbons (Fsp3) is 0.316. The molecule has 0 heterocycles. The Hall–Kier alpha value is -1.80. The van der Waals surface area contributed by atoms with Crippen molar-refractivity contribution in [2.45, 2.75) is 38.1 Å². The smallest absolute Gasteiger partial charge is 0.228 e. The van der Waals surface area contributed by atoms with Gasteiger partial charge >= 0.3 is 0 Å². The third-order valence-electron chi connectivity index (χ3n) is 4.41. The molecule has 0 spiro atoms. The number of rotatable bonds is 3. The average molecular weight is 314 g/mol. The van der Waals surface area contributed by atoms with E-state index in [0.29, 0.717) is 5.02 Å². The Labute approximate surface area is 136 Å². The first-order valence-electron chi connectivity index (χ1n) is 7.79. The predicted octanol–water partition coefficient (Wildman–Crippen LogP) is 4.64. The van der Waals surface area contributed by atoms with Crippen LogP contribution in [0.1, 0.15) is 48.4 Å². The van der Waals surface area contributed by atoms with E-state index < -0.39 is 0 Å². The summed E-state index contributed by atoms with van der Waals surface area (Å²) in [4.78, 5) is 12.7. The maximum absolute atomic E-state index is 12.7. The van der Waals surface area contributed by atoms with Crippen molar-refractivity contribution in [3.05, 3.63) is 70.2 Å². The number of carbonyl (C=O) groups is 1. The first-order valence-corrected chi connectivity index (χ1v) is 8.16. The van der Waals surface area contributed by atoms with Crippen molar-refractivity contribution in [1.82, 2.24) is 5.32 Å². The number of halogens is 1. The highest BCUT2D eigenvalue weighted by molar-refractivity contribution is 6.30. The quantitative estimate of drug-likeness (QED) is 0.879. The zero-order valence-corrected chi connectivity index (χ0v) is 13.4. The number of nitrogens with one attached hydrogen (secondary N) is 1. The van der Waals surface area contributed by atoms with E-state index in [4.69, 9.17) is 11.6 Å². The molecule has 2 atom stereocenters. The molecular formula is C19H20ClNO. The van der Waals surface area contributed by atoms with Crippen molar-refractivity contribution in [1.29, 1.82) is 0 Å². The molecule has 3 rings (SSSR count). The second-order valence-corrected chi connectivity index (χ2v) is 6.36. The summed E-state index contributed by atoms with van der Waals surface area (Å²) in [5.41, 5.74) is 3.57. The van der Waals surface area contributed by atoms with Crippen LogP contribution in [0.3, 0.4) is 0 Å². The molecule has 1 amide bonds. The molecule has 2 aromatic rings. The second-order valence-electron chi connectivity index (χ2n) is 5.93. The van der Waals surface area contributed by atoms with E-state index in [0.717, 1.165) is 24.8 Å². The summed E-state index contributed by atoms with van der Waals surface area (Å²) in [5.74, 6) is 0.0919. The summed E-state index contributed by atoms with van der Waals surface area (Å²) in [6, 6.07) is 15.9. The van der Waals surface area contributed by atoms with E-state index in [9.17, 15) is 4.79 Å². The molecule has 22 heavy (non-hydrogen) atoms. The third-order valence-corrected chi connectivity index (χ3v) is 4.67. The number of amides is 1. The molecule has 0 fully saturated rings. The van der Waals surface area contributed by atoms with Gasteiger partial charge in [-0.1, -0.05) is 48.0 Å². The summed E-state index contributed by atoms with van der Waals surface area (Å²) in [6.07, 6.45) is 3.08. The minimum Gasteiger partial charge on any atom is -0.349 e. The maximum Gasteiger partial charge on any atom is 0.228 e. The lowest BCUT2D eigenvalue weighted by atomic mass is 9.82. The highest BCUT2D eigenvalue weighted by Gasteiger charge is 2.27. The van der Waals surface area contributed by atoms with E-state index in [1.807, 2.05) is 37.3 Å². The van der Waals surface area contributed by atoms with Crippen LogP contribution in [0, 0.1) is 0 Å². The lowest BCUT2D eigenvalue weighted by Gasteiger charge is -2.26. The summed E-state index contributed by atoms with van der Waals surface area (Å²) in [6.45, 7) is 2.01. The molecule has 1 N–H and O–H groups in total. The molecule has 0 saturated carbocycles. The summed E-state index contributed by atoms with van der Waals surface area (Å²) < 4.78 is 0. The fourth-order valence-corrected chi connectivity index (χ4v) is 3.30. The Balaban J connectivity index is 1.74. The first-order chi connectivity index (χ1) is 10.6. The second kappa shape index (κ2) is 6.53. The molecule has 0 bridgehead atoms. The van der Waals surface area contributed by atoms with E-state index in [1.54, 1.807) is 0 Å². The van der Waals surface area contributed by atoms with E-state index in [2.05, 4.69) is 23.5 Å². The molecule has 114 valence electrons. The zero-order chi connectivity index (χ0) is 15.5. The van der Waals surface area contributed by atoms with Gasteiger partial charge in [-0.05, 0) is 55.0 Å². The van der Waals surface area contributed by atoms with Gasteiger partial charge in [0.05, 0.1) is 12.0 Å². The SMILES string of the molecule is C[C@@H](NC(=O)[C@@H]1CCCc2ccccc21)c1ccc(Cl)cc1. The number of fused-ring (bicyclic) bond motifs is 1. The predicted molar refractivity (Wildman–Crippen MR) is 90.1 cm³/mol. The molecular weight excluding hydrogens is 294 g/mol. The van der Waals surface area contributed by atoms with E-state index in [1.165, 1.54) is 11.1 Å². The Kier molecular flexibility index (Phi) is 4.49. The van der Waals surface area contributed by atoms with Crippen molar-refractivity contribution < 1.29 is 4.79 Å². The lowest BCUT2D eigenvalue weighted by Crippen LogP contribution is -2.33. The van der Waals surface area contributed by atoms with Gasteiger partial charge in [-0.2, -0.15) is 0 Å². The van der Waals surface area contributed by atoms with Crippen LogP contribution in [-0.4, -0.2) is 5.91 Å². The van der Waals surface area contributed by atoms with Crippen LogP contribution in [0.25, 0.3) is 0 Å². The topological polar surface area (TPSA) is 29.1 Å². The van der Waals surface area contributed by atoms with Crippen molar-refractivity contribution in [3.63, 3.8) is 0 Å². The van der Waals surface area contributed by atoms with Gasteiger partial charge in [0, 0.05) is 5.02 Å². The lowest BCUT2D eigenvalue weighted by molar-refractivity contribution is -0.123. The van der Waals surface area contributed by atoms with Crippen LogP contribution in [-0.2, 0) is 11.2 Å². The van der Waals surface area contributed by atoms with Gasteiger partial charge < -0.3 is 5.32 Å². The van der Waals surface area contributed by atoms with Gasteiger partial charge in [0.2, 0.25) is 5.91 Å². The molecule has 0 aliphatic heterocycles. The molecule has 0 unspecified atom stereocenters. The first kappa shape index (κ1) is 15.1.